The van der Waals surface area contributed by atoms with Gasteiger partial charge in [-0.05, 0) is 54.6 Å². The van der Waals surface area contributed by atoms with E-state index in [0.717, 1.165) is 38.5 Å². The van der Waals surface area contributed by atoms with Crippen molar-refractivity contribution in [2.45, 2.75) is 87.6 Å². The summed E-state index contributed by atoms with van der Waals surface area (Å²) in [5, 5.41) is 13.2. The van der Waals surface area contributed by atoms with Crippen molar-refractivity contribution >= 4 is 57.2 Å². The zero-order chi connectivity index (χ0) is 45.9. The molecule has 0 spiro atoms. The van der Waals surface area contributed by atoms with Crippen LogP contribution in [0.15, 0.2) is 104 Å². The van der Waals surface area contributed by atoms with E-state index in [9.17, 15) is 28.8 Å². The number of aromatic amines is 3. The highest BCUT2D eigenvalue weighted by atomic mass is 16.2. The van der Waals surface area contributed by atoms with Gasteiger partial charge in [-0.25, -0.2) is 4.98 Å². The standard InChI is InChI=1S/C47H56N12O6/c48-17-9-8-16-38(43(50)61)56-46(64)39(18-28-10-2-1-3-11-28)58-47(65)41(20-30-24-53-37-15-7-5-13-34(30)37)59-26-32(22-42(59)60)55-45(63)40(19-29-23-52-36-14-6-4-12-33(29)36)57-44(62)35(49)21-31-25-51-27-54-31/h1-7,10-15,23-25,27,32,35,38-41,52-53H,8-9,16-22,26,48-49H2,(H2,50,61)(H,51,54)(H,55,63)(H,56,64)(H,57,62)(H,58,65)/t32-,35+,38+,39+,40-,41+/m1/s1. The summed E-state index contributed by atoms with van der Waals surface area (Å²) >= 11 is 0. The second-order valence-corrected chi connectivity index (χ2v) is 16.5. The molecule has 340 valence electrons. The zero-order valence-electron chi connectivity index (χ0n) is 35.9. The first-order valence-electron chi connectivity index (χ1n) is 21.8. The van der Waals surface area contributed by atoms with E-state index >= 15 is 0 Å². The molecule has 4 heterocycles. The number of para-hydroxylation sites is 2. The number of nitrogens with one attached hydrogen (secondary N) is 7. The molecule has 0 saturated carbocycles. The fraction of sp³-hybridized carbons (Fsp3) is 0.340. The van der Waals surface area contributed by atoms with Gasteiger partial charge in [-0.1, -0.05) is 66.7 Å². The number of amides is 6. The van der Waals surface area contributed by atoms with Crippen LogP contribution in [0.5, 0.6) is 0 Å². The third-order valence-corrected chi connectivity index (χ3v) is 11.9. The smallest absolute Gasteiger partial charge is 0.243 e. The third kappa shape index (κ3) is 11.6. The highest BCUT2D eigenvalue weighted by Crippen LogP contribution is 2.25. The molecule has 13 N–H and O–H groups in total. The van der Waals surface area contributed by atoms with E-state index in [-0.39, 0.29) is 45.1 Å². The van der Waals surface area contributed by atoms with Crippen molar-refractivity contribution in [2.75, 3.05) is 13.1 Å². The van der Waals surface area contributed by atoms with E-state index in [1.54, 1.807) is 18.6 Å². The average Bonchev–Trinajstić information content (AvgIpc) is 4.13. The van der Waals surface area contributed by atoms with Gasteiger partial charge in [0.15, 0.2) is 0 Å². The Labute approximate surface area is 375 Å². The Balaban J connectivity index is 1.13. The SMILES string of the molecule is NCCCC[C@H](NC(=O)[C@H](Cc1ccccc1)NC(=O)[C@H](Cc1c[nH]c2ccccc12)N1C[C@H](NC(=O)[C@@H](Cc2c[nH]c3ccccc23)NC(=O)[C@@H](N)Cc2cnc[nH]2)CC1=O)C(N)=O. The minimum atomic E-state index is -1.16. The van der Waals surface area contributed by atoms with Crippen molar-refractivity contribution in [3.63, 3.8) is 0 Å². The molecule has 1 fully saturated rings. The van der Waals surface area contributed by atoms with Crippen molar-refractivity contribution in [2.24, 2.45) is 17.2 Å². The second kappa shape index (κ2) is 21.4. The van der Waals surface area contributed by atoms with Gasteiger partial charge >= 0.3 is 0 Å². The second-order valence-electron chi connectivity index (χ2n) is 16.5. The number of imidazole rings is 1. The molecule has 1 saturated heterocycles. The molecule has 65 heavy (non-hydrogen) atoms. The van der Waals surface area contributed by atoms with E-state index in [1.165, 1.54) is 11.2 Å². The number of aromatic nitrogens is 4. The van der Waals surface area contributed by atoms with Crippen molar-refractivity contribution in [3.8, 4) is 0 Å². The summed E-state index contributed by atoms with van der Waals surface area (Å²) in [4.78, 5) is 97.9. The molecule has 0 aliphatic carbocycles. The van der Waals surface area contributed by atoms with E-state index in [0.29, 0.717) is 25.1 Å². The van der Waals surface area contributed by atoms with Gasteiger partial charge in [-0.3, -0.25) is 28.8 Å². The number of nitrogens with zero attached hydrogens (tertiary/aromatic N) is 2. The molecule has 1 aliphatic heterocycles. The Morgan fingerprint density at radius 2 is 1.32 bits per heavy atom. The minimum absolute atomic E-state index is 0.0431. The molecule has 1 aliphatic rings. The van der Waals surface area contributed by atoms with Crippen molar-refractivity contribution in [1.82, 2.24) is 46.1 Å². The molecular formula is C47H56N12O6. The maximum atomic E-state index is 14.7. The number of likely N-dealkylation sites (tertiary alicyclic amines) is 1. The molecule has 6 amide bonds. The van der Waals surface area contributed by atoms with Crippen LogP contribution in [0, 0.1) is 0 Å². The van der Waals surface area contributed by atoms with Gasteiger partial charge in [0.05, 0.1) is 18.4 Å². The lowest BCUT2D eigenvalue weighted by molar-refractivity contribution is -0.139. The average molecular weight is 885 g/mol. The van der Waals surface area contributed by atoms with Gasteiger partial charge < -0.3 is 58.3 Å². The molecule has 6 aromatic rings. The molecule has 0 bridgehead atoms. The summed E-state index contributed by atoms with van der Waals surface area (Å²) in [7, 11) is 0. The topological polar surface area (TPSA) is 292 Å². The Hall–Kier alpha value is -7.31. The molecule has 3 aromatic heterocycles. The number of benzene rings is 3. The fourth-order valence-corrected chi connectivity index (χ4v) is 8.40. The predicted molar refractivity (Wildman–Crippen MR) is 244 cm³/mol. The Morgan fingerprint density at radius 1 is 0.708 bits per heavy atom. The number of carbonyl (C=O) groups excluding carboxylic acids is 6. The molecule has 0 radical (unpaired) electrons. The van der Waals surface area contributed by atoms with Crippen LogP contribution < -0.4 is 38.5 Å². The first kappa shape index (κ1) is 45.7. The molecule has 6 atom stereocenters. The van der Waals surface area contributed by atoms with Crippen molar-refractivity contribution < 1.29 is 28.8 Å². The van der Waals surface area contributed by atoms with Crippen molar-refractivity contribution in [3.05, 3.63) is 126 Å². The van der Waals surface area contributed by atoms with Crippen LogP contribution >= 0.6 is 0 Å². The molecule has 3 aromatic carbocycles. The lowest BCUT2D eigenvalue weighted by Gasteiger charge is -2.30. The Kier molecular flexibility index (Phi) is 15.0. The van der Waals surface area contributed by atoms with E-state index in [2.05, 4.69) is 41.2 Å². The van der Waals surface area contributed by atoms with Crippen LogP contribution in [0.25, 0.3) is 21.8 Å². The number of H-pyrrole nitrogens is 3. The minimum Gasteiger partial charge on any atom is -0.368 e. The van der Waals surface area contributed by atoms with Gasteiger partial charge in [0.25, 0.3) is 0 Å². The van der Waals surface area contributed by atoms with Crippen LogP contribution in [0.1, 0.15) is 48.1 Å². The van der Waals surface area contributed by atoms with Crippen LogP contribution in [0.2, 0.25) is 0 Å². The third-order valence-electron chi connectivity index (χ3n) is 11.9. The summed E-state index contributed by atoms with van der Waals surface area (Å²) in [6, 6.07) is 18.2. The number of carbonyl (C=O) groups is 6. The van der Waals surface area contributed by atoms with Gasteiger partial charge in [0.1, 0.15) is 24.2 Å². The normalized spacial score (nSPS) is 16.1. The monoisotopic (exact) mass is 884 g/mol. The number of nitrogens with two attached hydrogens (primary N) is 3. The highest BCUT2D eigenvalue weighted by Gasteiger charge is 2.41. The molecule has 18 heteroatoms. The van der Waals surface area contributed by atoms with Crippen LogP contribution in [-0.2, 0) is 54.5 Å². The number of hydrogen-bond acceptors (Lipinski definition) is 9. The van der Waals surface area contributed by atoms with Gasteiger partial charge in [0, 0.05) is 84.7 Å². The maximum absolute atomic E-state index is 14.7. The number of rotatable bonds is 22. The van der Waals surface area contributed by atoms with Crippen molar-refractivity contribution in [1.29, 1.82) is 0 Å². The van der Waals surface area contributed by atoms with E-state index in [1.807, 2.05) is 78.9 Å². The summed E-state index contributed by atoms with van der Waals surface area (Å²) in [5.41, 5.74) is 22.3. The van der Waals surface area contributed by atoms with E-state index < -0.39 is 71.7 Å². The molecule has 7 rings (SSSR count). The largest absolute Gasteiger partial charge is 0.368 e. The van der Waals surface area contributed by atoms with E-state index in [4.69, 9.17) is 17.2 Å². The summed E-state index contributed by atoms with van der Waals surface area (Å²) in [6.07, 6.45) is 8.37. The van der Waals surface area contributed by atoms with Crippen LogP contribution in [0.3, 0.4) is 0 Å². The first-order valence-corrected chi connectivity index (χ1v) is 21.8. The molecular weight excluding hydrogens is 829 g/mol. The number of primary amides is 1. The maximum Gasteiger partial charge on any atom is 0.243 e. The molecule has 0 unspecified atom stereocenters. The summed E-state index contributed by atoms with van der Waals surface area (Å²) < 4.78 is 0. The number of hydrogen-bond donors (Lipinski definition) is 10. The zero-order valence-corrected chi connectivity index (χ0v) is 35.9. The first-order chi connectivity index (χ1) is 31.5. The highest BCUT2D eigenvalue weighted by molar-refractivity contribution is 5.96. The summed E-state index contributed by atoms with van der Waals surface area (Å²) in [5.74, 6) is -3.42. The predicted octanol–water partition coefficient (Wildman–Crippen LogP) is 1.12. The van der Waals surface area contributed by atoms with Gasteiger partial charge in [-0.2, -0.15) is 0 Å². The molecule has 18 nitrogen and oxygen atoms in total. The van der Waals surface area contributed by atoms with Gasteiger partial charge in [-0.15, -0.1) is 0 Å². The summed E-state index contributed by atoms with van der Waals surface area (Å²) in [6.45, 7) is 0.367. The van der Waals surface area contributed by atoms with Gasteiger partial charge in [0.2, 0.25) is 35.4 Å². The Morgan fingerprint density at radius 3 is 1.97 bits per heavy atom. The quantitative estimate of drug-likeness (QED) is 0.0437. The Bertz CT molecular complexity index is 2590. The number of fused-ring (bicyclic) bond motifs is 2. The lowest BCUT2D eigenvalue weighted by Crippen LogP contribution is -2.58. The van der Waals surface area contributed by atoms with Crippen LogP contribution in [0.4, 0.5) is 0 Å². The number of unbranched alkanes of at least 4 members (excludes halogenated alkanes) is 1. The lowest BCUT2D eigenvalue weighted by atomic mass is 10.0. The fourth-order valence-electron chi connectivity index (χ4n) is 8.40. The van der Waals surface area contributed by atoms with Crippen LogP contribution in [-0.4, -0.2) is 110 Å².